The van der Waals surface area contributed by atoms with E-state index < -0.39 is 0 Å². The van der Waals surface area contributed by atoms with Crippen LogP contribution in [0.4, 0.5) is 11.6 Å². The largest absolute Gasteiger partial charge is 0.330 e. The van der Waals surface area contributed by atoms with Crippen molar-refractivity contribution in [3.05, 3.63) is 48.3 Å². The summed E-state index contributed by atoms with van der Waals surface area (Å²) in [6.45, 7) is 5.28. The van der Waals surface area contributed by atoms with E-state index in [2.05, 4.69) is 26.3 Å². The number of carbonyl (C=O) groups is 1. The molecule has 1 aliphatic heterocycles. The summed E-state index contributed by atoms with van der Waals surface area (Å²) in [5, 5.41) is 11.9. The molecule has 1 aliphatic rings. The Bertz CT molecular complexity index is 765. The Balaban J connectivity index is 1.56. The molecule has 0 radical (unpaired) electrons. The van der Waals surface area contributed by atoms with Gasteiger partial charge in [-0.2, -0.15) is 5.26 Å². The van der Waals surface area contributed by atoms with Crippen molar-refractivity contribution >= 4 is 17.5 Å². The summed E-state index contributed by atoms with van der Waals surface area (Å²) in [4.78, 5) is 24.4. The van der Waals surface area contributed by atoms with E-state index in [0.29, 0.717) is 11.3 Å². The van der Waals surface area contributed by atoms with E-state index in [1.807, 2.05) is 6.92 Å². The van der Waals surface area contributed by atoms with E-state index in [-0.39, 0.29) is 11.9 Å². The summed E-state index contributed by atoms with van der Waals surface area (Å²) in [7, 11) is 0. The molecule has 1 saturated heterocycles. The second-order valence-electron chi connectivity index (χ2n) is 6.10. The molecule has 0 unspecified atom stereocenters. The van der Waals surface area contributed by atoms with Crippen LogP contribution in [0.25, 0.3) is 0 Å². The molecule has 0 aliphatic carbocycles. The highest BCUT2D eigenvalue weighted by molar-refractivity contribution is 5.93. The van der Waals surface area contributed by atoms with Gasteiger partial charge in [0.2, 0.25) is 5.95 Å². The molecule has 3 rings (SSSR count). The van der Waals surface area contributed by atoms with Gasteiger partial charge in [-0.25, -0.2) is 9.97 Å². The number of hydrogen-bond acceptors (Lipinski definition) is 5. The fourth-order valence-electron chi connectivity index (χ4n) is 2.98. The maximum atomic E-state index is 12.5. The number of benzene rings is 1. The fourth-order valence-corrected chi connectivity index (χ4v) is 2.98. The summed E-state index contributed by atoms with van der Waals surface area (Å²) in [5.74, 6) is 0.710. The third-order valence-electron chi connectivity index (χ3n) is 4.51. The van der Waals surface area contributed by atoms with Gasteiger partial charge >= 0.3 is 0 Å². The Morgan fingerprint density at radius 1 is 1.28 bits per heavy atom. The second-order valence-corrected chi connectivity index (χ2v) is 6.10. The lowest BCUT2D eigenvalue weighted by molar-refractivity contribution is -0.914. The third kappa shape index (κ3) is 4.11. The normalized spacial score (nSPS) is 16.1. The van der Waals surface area contributed by atoms with Crippen molar-refractivity contribution in [2.45, 2.75) is 13.0 Å². The first-order valence-electron chi connectivity index (χ1n) is 8.35. The molecule has 1 atom stereocenters. The van der Waals surface area contributed by atoms with E-state index in [0.717, 1.165) is 32.1 Å². The van der Waals surface area contributed by atoms with Gasteiger partial charge in [0.25, 0.3) is 5.91 Å². The number of rotatable bonds is 4. The summed E-state index contributed by atoms with van der Waals surface area (Å²) in [6, 6.07) is 10.7. The quantitative estimate of drug-likeness (QED) is 0.825. The molecule has 2 heterocycles. The highest BCUT2D eigenvalue weighted by Gasteiger charge is 2.29. The van der Waals surface area contributed by atoms with Crippen molar-refractivity contribution in [1.29, 1.82) is 5.26 Å². The Morgan fingerprint density at radius 3 is 2.68 bits per heavy atom. The number of carbonyl (C=O) groups excluding carboxylic acids is 1. The molecule has 0 saturated carbocycles. The highest BCUT2D eigenvalue weighted by atomic mass is 16.2. The van der Waals surface area contributed by atoms with E-state index in [9.17, 15) is 4.79 Å². The molecule has 7 heteroatoms. The molecule has 0 spiro atoms. The molecule has 25 heavy (non-hydrogen) atoms. The Kier molecular flexibility index (Phi) is 5.21. The first-order valence-corrected chi connectivity index (χ1v) is 8.35. The Hall–Kier alpha value is -2.98. The topological polar surface area (TPSA) is 86.4 Å². The van der Waals surface area contributed by atoms with Crippen LogP contribution in [0, 0.1) is 11.3 Å². The number of nitrogens with zero attached hydrogens (tertiary/aromatic N) is 4. The number of quaternary nitrogens is 1. The predicted molar refractivity (Wildman–Crippen MR) is 94.2 cm³/mol. The highest BCUT2D eigenvalue weighted by Crippen LogP contribution is 2.10. The molecular weight excluding hydrogens is 316 g/mol. The zero-order valence-corrected chi connectivity index (χ0v) is 14.1. The molecule has 2 N–H and O–H groups in total. The Labute approximate surface area is 146 Å². The molecule has 2 aromatic rings. The number of hydrogen-bond donors (Lipinski definition) is 2. The minimum atomic E-state index is -0.162. The van der Waals surface area contributed by atoms with Crippen LogP contribution in [0.1, 0.15) is 12.5 Å². The molecule has 1 aromatic carbocycles. The molecule has 0 bridgehead atoms. The van der Waals surface area contributed by atoms with Crippen LogP contribution in [0.3, 0.4) is 0 Å². The maximum Gasteiger partial charge on any atom is 0.282 e. The number of piperazine rings is 1. The lowest BCUT2D eigenvalue weighted by Gasteiger charge is -2.34. The SMILES string of the molecule is C[C@@H](C(=O)Nc1cccc(C#N)c1)[NH+]1CCN(c2ncccn2)CC1. The number of amides is 1. The zero-order chi connectivity index (χ0) is 17.6. The van der Waals surface area contributed by atoms with Crippen LogP contribution in [-0.2, 0) is 4.79 Å². The van der Waals surface area contributed by atoms with Gasteiger partial charge in [0.05, 0.1) is 37.8 Å². The van der Waals surface area contributed by atoms with E-state index >= 15 is 0 Å². The standard InChI is InChI=1S/C18H20N6O/c1-14(17(25)22-16-5-2-4-15(12-16)13-19)23-8-10-24(11-9-23)18-20-6-3-7-21-18/h2-7,12,14H,8-11H2,1H3,(H,22,25)/p+1/t14-/m0/s1. The Morgan fingerprint density at radius 2 is 2.00 bits per heavy atom. The van der Waals surface area contributed by atoms with Crippen LogP contribution in [0.5, 0.6) is 0 Å². The van der Waals surface area contributed by atoms with Crippen LogP contribution < -0.4 is 15.1 Å². The maximum absolute atomic E-state index is 12.5. The van der Waals surface area contributed by atoms with E-state index in [1.165, 1.54) is 4.90 Å². The summed E-state index contributed by atoms with van der Waals surface area (Å²) >= 11 is 0. The minimum Gasteiger partial charge on any atom is -0.330 e. The monoisotopic (exact) mass is 337 g/mol. The lowest BCUT2D eigenvalue weighted by Crippen LogP contribution is -3.19. The minimum absolute atomic E-state index is 0.0329. The molecule has 1 amide bonds. The molecule has 1 fully saturated rings. The van der Waals surface area contributed by atoms with Crippen molar-refractivity contribution in [2.75, 3.05) is 36.4 Å². The fraction of sp³-hybridized carbons (Fsp3) is 0.333. The summed E-state index contributed by atoms with van der Waals surface area (Å²) < 4.78 is 0. The average Bonchev–Trinajstić information content (AvgIpc) is 2.68. The van der Waals surface area contributed by atoms with Crippen molar-refractivity contribution < 1.29 is 9.69 Å². The van der Waals surface area contributed by atoms with Crippen LogP contribution in [-0.4, -0.2) is 48.1 Å². The van der Waals surface area contributed by atoms with Crippen molar-refractivity contribution in [3.63, 3.8) is 0 Å². The van der Waals surface area contributed by atoms with Crippen LogP contribution >= 0.6 is 0 Å². The molecular formula is C18H21N6O+. The summed E-state index contributed by atoms with van der Waals surface area (Å²) in [6.07, 6.45) is 3.49. The zero-order valence-electron chi connectivity index (χ0n) is 14.1. The van der Waals surface area contributed by atoms with E-state index in [4.69, 9.17) is 5.26 Å². The van der Waals surface area contributed by atoms with Gasteiger partial charge in [-0.1, -0.05) is 6.07 Å². The van der Waals surface area contributed by atoms with Crippen molar-refractivity contribution in [3.8, 4) is 6.07 Å². The van der Waals surface area contributed by atoms with Gasteiger partial charge in [0, 0.05) is 18.1 Å². The number of nitrogens with one attached hydrogen (secondary N) is 2. The molecule has 1 aromatic heterocycles. The van der Waals surface area contributed by atoms with Crippen LogP contribution in [0.2, 0.25) is 0 Å². The first kappa shape index (κ1) is 16.9. The lowest BCUT2D eigenvalue weighted by atomic mass is 10.2. The summed E-state index contributed by atoms with van der Waals surface area (Å²) in [5.41, 5.74) is 1.20. The average molecular weight is 337 g/mol. The third-order valence-corrected chi connectivity index (χ3v) is 4.51. The first-order chi connectivity index (χ1) is 12.2. The number of aromatic nitrogens is 2. The molecule has 7 nitrogen and oxygen atoms in total. The van der Waals surface area contributed by atoms with Crippen molar-refractivity contribution in [2.24, 2.45) is 0 Å². The van der Waals surface area contributed by atoms with Gasteiger partial charge < -0.3 is 15.1 Å². The number of nitriles is 1. The van der Waals surface area contributed by atoms with Gasteiger partial charge in [-0.05, 0) is 31.2 Å². The second kappa shape index (κ2) is 7.73. The predicted octanol–water partition coefficient (Wildman–Crippen LogP) is 0.0804. The van der Waals surface area contributed by atoms with Gasteiger partial charge in [-0.3, -0.25) is 4.79 Å². The number of anilines is 2. The van der Waals surface area contributed by atoms with Crippen LogP contribution in [0.15, 0.2) is 42.7 Å². The van der Waals surface area contributed by atoms with Crippen molar-refractivity contribution in [1.82, 2.24) is 9.97 Å². The van der Waals surface area contributed by atoms with Gasteiger partial charge in [-0.15, -0.1) is 0 Å². The van der Waals surface area contributed by atoms with Gasteiger partial charge in [0.15, 0.2) is 6.04 Å². The molecule has 128 valence electrons. The van der Waals surface area contributed by atoms with Gasteiger partial charge in [0.1, 0.15) is 0 Å². The smallest absolute Gasteiger partial charge is 0.282 e. The van der Waals surface area contributed by atoms with E-state index in [1.54, 1.807) is 42.7 Å².